The van der Waals surface area contributed by atoms with E-state index in [1.807, 2.05) is 12.5 Å². The summed E-state index contributed by atoms with van der Waals surface area (Å²) < 4.78 is 3.19. The molecular formula is C20H29BrN6. The fourth-order valence-corrected chi connectivity index (χ4v) is 3.65. The van der Waals surface area contributed by atoms with Gasteiger partial charge in [0.15, 0.2) is 5.96 Å². The van der Waals surface area contributed by atoms with Gasteiger partial charge in [-0.1, -0.05) is 28.1 Å². The highest BCUT2D eigenvalue weighted by Gasteiger charge is 2.23. The molecule has 2 aromatic rings. The average molecular weight is 433 g/mol. The summed E-state index contributed by atoms with van der Waals surface area (Å²) in [5, 5.41) is 3.44. The summed E-state index contributed by atoms with van der Waals surface area (Å²) in [4.78, 5) is 13.8. The number of nitrogens with zero attached hydrogens (tertiary/aromatic N) is 5. The third kappa shape index (κ3) is 5.56. The molecule has 0 radical (unpaired) electrons. The van der Waals surface area contributed by atoms with Crippen molar-refractivity contribution >= 4 is 21.9 Å². The van der Waals surface area contributed by atoms with Gasteiger partial charge in [0.1, 0.15) is 0 Å². The zero-order chi connectivity index (χ0) is 19.1. The molecule has 1 aliphatic rings. The minimum absolute atomic E-state index is 0.431. The van der Waals surface area contributed by atoms with Crippen LogP contribution in [0.5, 0.6) is 0 Å². The Labute approximate surface area is 170 Å². The fraction of sp³-hybridized carbons (Fsp3) is 0.500. The first kappa shape index (κ1) is 19.9. The van der Waals surface area contributed by atoms with Gasteiger partial charge < -0.3 is 14.8 Å². The summed E-state index contributed by atoms with van der Waals surface area (Å²) in [7, 11) is 0. The lowest BCUT2D eigenvalue weighted by Crippen LogP contribution is -2.52. The van der Waals surface area contributed by atoms with Gasteiger partial charge in [-0.2, -0.15) is 0 Å². The molecule has 0 bridgehead atoms. The van der Waals surface area contributed by atoms with Crippen molar-refractivity contribution in [1.82, 2.24) is 24.7 Å². The first-order valence-electron chi connectivity index (χ1n) is 9.66. The van der Waals surface area contributed by atoms with Crippen LogP contribution in [0, 0.1) is 0 Å². The number of nitrogens with one attached hydrogen (secondary N) is 1. The van der Waals surface area contributed by atoms with E-state index >= 15 is 0 Å². The molecule has 0 saturated carbocycles. The van der Waals surface area contributed by atoms with E-state index in [-0.39, 0.29) is 0 Å². The van der Waals surface area contributed by atoms with Crippen LogP contribution in [0.15, 0.2) is 52.5 Å². The number of hydrogen-bond acceptors (Lipinski definition) is 3. The summed E-state index contributed by atoms with van der Waals surface area (Å²) in [5.41, 5.74) is 1.37. The smallest absolute Gasteiger partial charge is 0.194 e. The Kier molecular flexibility index (Phi) is 7.29. The van der Waals surface area contributed by atoms with Gasteiger partial charge >= 0.3 is 0 Å². The first-order valence-corrected chi connectivity index (χ1v) is 10.4. The maximum atomic E-state index is 4.81. The highest BCUT2D eigenvalue weighted by Crippen LogP contribution is 2.23. The minimum Gasteiger partial charge on any atom is -0.357 e. The average Bonchev–Trinajstić information content (AvgIpc) is 3.21. The molecule has 1 atom stereocenters. The van der Waals surface area contributed by atoms with Crippen LogP contribution in [0.1, 0.15) is 25.5 Å². The van der Waals surface area contributed by atoms with E-state index in [1.165, 1.54) is 5.56 Å². The number of hydrogen-bond donors (Lipinski definition) is 1. The van der Waals surface area contributed by atoms with Gasteiger partial charge in [0.05, 0.1) is 12.9 Å². The molecule has 1 aromatic carbocycles. The zero-order valence-corrected chi connectivity index (χ0v) is 17.8. The molecule has 1 N–H and O–H groups in total. The third-order valence-electron chi connectivity index (χ3n) is 5.03. The van der Waals surface area contributed by atoms with E-state index in [2.05, 4.69) is 78.7 Å². The molecule has 7 heteroatoms. The van der Waals surface area contributed by atoms with E-state index in [4.69, 9.17) is 4.99 Å². The maximum absolute atomic E-state index is 4.81. The minimum atomic E-state index is 0.431. The van der Waals surface area contributed by atoms with E-state index in [0.717, 1.165) is 56.2 Å². The summed E-state index contributed by atoms with van der Waals surface area (Å²) >= 11 is 3.52. The van der Waals surface area contributed by atoms with Crippen molar-refractivity contribution < 1.29 is 0 Å². The highest BCUT2D eigenvalue weighted by atomic mass is 79.9. The molecule has 146 valence electrons. The number of aliphatic imine (C=N–C) groups is 1. The lowest BCUT2D eigenvalue weighted by Gasteiger charge is -2.39. The van der Waals surface area contributed by atoms with Crippen molar-refractivity contribution in [2.45, 2.75) is 26.4 Å². The largest absolute Gasteiger partial charge is 0.357 e. The molecule has 0 amide bonds. The summed E-state index contributed by atoms with van der Waals surface area (Å²) in [5.74, 6) is 1.02. The van der Waals surface area contributed by atoms with Gasteiger partial charge in [0.2, 0.25) is 0 Å². The summed E-state index contributed by atoms with van der Waals surface area (Å²) in [6.07, 6.45) is 5.62. The van der Waals surface area contributed by atoms with Gasteiger partial charge in [-0.15, -0.1) is 0 Å². The van der Waals surface area contributed by atoms with Crippen molar-refractivity contribution in [1.29, 1.82) is 0 Å². The van der Waals surface area contributed by atoms with Crippen LogP contribution >= 0.6 is 15.9 Å². The normalized spacial score (nSPS) is 17.1. The van der Waals surface area contributed by atoms with Gasteiger partial charge in [-0.25, -0.2) is 4.98 Å². The van der Waals surface area contributed by atoms with E-state index in [9.17, 15) is 0 Å². The fourth-order valence-electron chi connectivity index (χ4n) is 3.39. The molecule has 0 spiro atoms. The summed E-state index contributed by atoms with van der Waals surface area (Å²) in [6.45, 7) is 11.0. The molecule has 6 nitrogen and oxygen atoms in total. The SMILES string of the molecule is CCNC(=NCCn1ccnc1)N1CCN(C(C)c2ccc(Br)cc2)CC1. The Morgan fingerprint density at radius 1 is 1.22 bits per heavy atom. The van der Waals surface area contributed by atoms with E-state index in [0.29, 0.717) is 6.04 Å². The Hall–Kier alpha value is -1.86. The zero-order valence-electron chi connectivity index (χ0n) is 16.2. The molecule has 1 aromatic heterocycles. The molecule has 27 heavy (non-hydrogen) atoms. The Bertz CT molecular complexity index is 705. The molecule has 1 unspecified atom stereocenters. The topological polar surface area (TPSA) is 48.7 Å². The second kappa shape index (κ2) is 9.90. The predicted octanol–water partition coefficient (Wildman–Crippen LogP) is 2.99. The molecule has 2 heterocycles. The lowest BCUT2D eigenvalue weighted by atomic mass is 10.1. The van der Waals surface area contributed by atoms with Gasteiger partial charge in [0, 0.05) is 62.2 Å². The van der Waals surface area contributed by atoms with Crippen molar-refractivity contribution in [3.8, 4) is 0 Å². The number of piperazine rings is 1. The van der Waals surface area contributed by atoms with Crippen LogP contribution in [0.3, 0.4) is 0 Å². The van der Waals surface area contributed by atoms with Crippen LogP contribution in [0.2, 0.25) is 0 Å². The second-order valence-electron chi connectivity index (χ2n) is 6.79. The molecule has 1 aliphatic heterocycles. The van der Waals surface area contributed by atoms with Crippen LogP contribution < -0.4 is 5.32 Å². The van der Waals surface area contributed by atoms with Gasteiger partial charge in [-0.3, -0.25) is 9.89 Å². The first-order chi connectivity index (χ1) is 13.2. The van der Waals surface area contributed by atoms with Gasteiger partial charge in [0.25, 0.3) is 0 Å². The predicted molar refractivity (Wildman–Crippen MR) is 114 cm³/mol. The van der Waals surface area contributed by atoms with Crippen LogP contribution in [-0.4, -0.2) is 64.6 Å². The molecule has 1 saturated heterocycles. The van der Waals surface area contributed by atoms with Crippen molar-refractivity contribution in [2.75, 3.05) is 39.3 Å². The van der Waals surface area contributed by atoms with Crippen molar-refractivity contribution in [3.63, 3.8) is 0 Å². The quantitative estimate of drug-likeness (QED) is 0.562. The monoisotopic (exact) mass is 432 g/mol. The molecule has 0 aliphatic carbocycles. The Balaban J connectivity index is 1.54. The van der Waals surface area contributed by atoms with Crippen LogP contribution in [-0.2, 0) is 6.54 Å². The number of benzene rings is 1. The Morgan fingerprint density at radius 2 is 1.96 bits per heavy atom. The summed E-state index contributed by atoms with van der Waals surface area (Å²) in [6, 6.07) is 9.10. The number of imidazole rings is 1. The third-order valence-corrected chi connectivity index (χ3v) is 5.56. The van der Waals surface area contributed by atoms with E-state index in [1.54, 1.807) is 6.20 Å². The number of aromatic nitrogens is 2. The van der Waals surface area contributed by atoms with Crippen LogP contribution in [0.4, 0.5) is 0 Å². The van der Waals surface area contributed by atoms with Gasteiger partial charge in [-0.05, 0) is 31.5 Å². The lowest BCUT2D eigenvalue weighted by molar-refractivity contribution is 0.138. The van der Waals surface area contributed by atoms with Crippen molar-refractivity contribution in [2.24, 2.45) is 4.99 Å². The Morgan fingerprint density at radius 3 is 2.59 bits per heavy atom. The standard InChI is InChI=1S/C20H29BrN6/c1-3-23-20(24-9-11-25-10-8-22-16-25)27-14-12-26(13-15-27)17(2)18-4-6-19(21)7-5-18/h4-8,10,16-17H,3,9,11-15H2,1-2H3,(H,23,24). The second-order valence-corrected chi connectivity index (χ2v) is 7.70. The highest BCUT2D eigenvalue weighted by molar-refractivity contribution is 9.10. The number of guanidine groups is 1. The number of rotatable bonds is 6. The maximum Gasteiger partial charge on any atom is 0.194 e. The number of halogens is 1. The molecule has 3 rings (SSSR count). The van der Waals surface area contributed by atoms with Crippen LogP contribution in [0.25, 0.3) is 0 Å². The van der Waals surface area contributed by atoms with E-state index < -0.39 is 0 Å². The molecular weight excluding hydrogens is 404 g/mol. The molecule has 1 fully saturated rings. The van der Waals surface area contributed by atoms with Crippen molar-refractivity contribution in [3.05, 3.63) is 53.0 Å².